The number of carbonyl (C=O) groups excluding carboxylic acids is 1. The van der Waals surface area contributed by atoms with E-state index in [1.165, 1.54) is 0 Å². The van der Waals surface area contributed by atoms with Crippen LogP contribution in [0.4, 0.5) is 4.39 Å². The summed E-state index contributed by atoms with van der Waals surface area (Å²) < 4.78 is 35.6. The summed E-state index contributed by atoms with van der Waals surface area (Å²) in [5.74, 6) is -1.45. The van der Waals surface area contributed by atoms with E-state index in [9.17, 15) is 17.6 Å². The highest BCUT2D eigenvalue weighted by Crippen LogP contribution is 2.34. The number of hydrogen-bond donors (Lipinski definition) is 1. The highest BCUT2D eigenvalue weighted by Gasteiger charge is 2.39. The van der Waals surface area contributed by atoms with Crippen LogP contribution in [0.15, 0.2) is 23.1 Å². The Bertz CT molecular complexity index is 611. The zero-order chi connectivity index (χ0) is 13.6. The van der Waals surface area contributed by atoms with Crippen LogP contribution < -0.4 is 5.32 Å². The normalized spacial score (nSPS) is 17.3. The molecule has 1 aliphatic carbocycles. The van der Waals surface area contributed by atoms with E-state index in [-0.39, 0.29) is 16.0 Å². The molecule has 1 aromatic carbocycles. The lowest BCUT2D eigenvalue weighted by atomic mass is 10.2. The van der Waals surface area contributed by atoms with E-state index in [1.54, 1.807) is 0 Å². The van der Waals surface area contributed by atoms with E-state index in [4.69, 9.17) is 10.7 Å². The van der Waals surface area contributed by atoms with Crippen molar-refractivity contribution >= 4 is 25.6 Å². The molecule has 0 atom stereocenters. The van der Waals surface area contributed by atoms with Crippen LogP contribution in [0.3, 0.4) is 0 Å². The summed E-state index contributed by atoms with van der Waals surface area (Å²) in [5, 5.41) is 2.68. The van der Waals surface area contributed by atoms with Gasteiger partial charge in [0, 0.05) is 16.2 Å². The van der Waals surface area contributed by atoms with Crippen LogP contribution in [-0.4, -0.2) is 19.9 Å². The molecule has 0 saturated heterocycles. The summed E-state index contributed by atoms with van der Waals surface area (Å²) >= 11 is 0. The molecular weight excluding hydrogens is 281 g/mol. The van der Waals surface area contributed by atoms with E-state index >= 15 is 0 Å². The number of benzene rings is 1. The van der Waals surface area contributed by atoms with E-state index in [1.807, 2.05) is 6.92 Å². The second-order valence-corrected chi connectivity index (χ2v) is 7.16. The van der Waals surface area contributed by atoms with E-state index in [0.29, 0.717) is 0 Å². The molecule has 7 heteroatoms. The third kappa shape index (κ3) is 2.81. The topological polar surface area (TPSA) is 63.2 Å². The minimum atomic E-state index is -3.99. The first-order chi connectivity index (χ1) is 8.21. The SMILES string of the molecule is CC1(NC(=O)c2ccc(S(=O)(=O)Cl)cc2F)CC1. The number of hydrogen-bond acceptors (Lipinski definition) is 3. The van der Waals surface area contributed by atoms with Gasteiger partial charge in [0.25, 0.3) is 15.0 Å². The van der Waals surface area contributed by atoms with Crippen LogP contribution in [0, 0.1) is 5.82 Å². The Morgan fingerprint density at radius 1 is 1.44 bits per heavy atom. The maximum atomic E-state index is 13.6. The predicted octanol–water partition coefficient (Wildman–Crippen LogP) is 2.04. The maximum absolute atomic E-state index is 13.6. The fraction of sp³-hybridized carbons (Fsp3) is 0.364. The van der Waals surface area contributed by atoms with Crippen LogP contribution in [-0.2, 0) is 9.05 Å². The molecule has 1 saturated carbocycles. The Labute approximate surface area is 109 Å². The third-order valence-corrected chi connectivity index (χ3v) is 4.23. The molecule has 1 aromatic rings. The molecule has 0 heterocycles. The average Bonchev–Trinajstić information content (AvgIpc) is 2.94. The molecule has 1 aliphatic rings. The molecule has 4 nitrogen and oxygen atoms in total. The van der Waals surface area contributed by atoms with Crippen LogP contribution in [0.2, 0.25) is 0 Å². The van der Waals surface area contributed by atoms with Gasteiger partial charge in [-0.15, -0.1) is 0 Å². The molecule has 0 unspecified atom stereocenters. The van der Waals surface area contributed by atoms with Crippen molar-refractivity contribution in [3.05, 3.63) is 29.6 Å². The summed E-state index contributed by atoms with van der Waals surface area (Å²) in [7, 11) is 1.09. The molecule has 0 bridgehead atoms. The maximum Gasteiger partial charge on any atom is 0.261 e. The Morgan fingerprint density at radius 2 is 2.06 bits per heavy atom. The molecule has 1 N–H and O–H groups in total. The molecule has 18 heavy (non-hydrogen) atoms. The average molecular weight is 292 g/mol. The first-order valence-electron chi connectivity index (χ1n) is 5.28. The van der Waals surface area contributed by atoms with Gasteiger partial charge < -0.3 is 5.32 Å². The van der Waals surface area contributed by atoms with Crippen LogP contribution in [0.5, 0.6) is 0 Å². The molecule has 0 aliphatic heterocycles. The number of nitrogens with one attached hydrogen (secondary N) is 1. The summed E-state index contributed by atoms with van der Waals surface area (Å²) in [4.78, 5) is 11.4. The highest BCUT2D eigenvalue weighted by molar-refractivity contribution is 8.13. The predicted molar refractivity (Wildman–Crippen MR) is 64.5 cm³/mol. The van der Waals surface area contributed by atoms with Gasteiger partial charge in [-0.3, -0.25) is 4.79 Å². The quantitative estimate of drug-likeness (QED) is 0.867. The second kappa shape index (κ2) is 4.20. The van der Waals surface area contributed by atoms with Gasteiger partial charge in [0.05, 0.1) is 10.5 Å². The fourth-order valence-corrected chi connectivity index (χ4v) is 2.25. The van der Waals surface area contributed by atoms with Gasteiger partial charge in [0.15, 0.2) is 0 Å². The first kappa shape index (κ1) is 13.3. The number of halogens is 2. The van der Waals surface area contributed by atoms with Crippen molar-refractivity contribution < 1.29 is 17.6 Å². The van der Waals surface area contributed by atoms with Crippen LogP contribution >= 0.6 is 10.7 Å². The van der Waals surface area contributed by atoms with Gasteiger partial charge in [-0.2, -0.15) is 0 Å². The van der Waals surface area contributed by atoms with Gasteiger partial charge in [0.2, 0.25) is 0 Å². The van der Waals surface area contributed by atoms with E-state index in [2.05, 4.69) is 5.32 Å². The summed E-state index contributed by atoms with van der Waals surface area (Å²) in [6, 6.07) is 2.97. The van der Waals surface area contributed by atoms with Crippen molar-refractivity contribution in [2.45, 2.75) is 30.2 Å². The molecule has 0 radical (unpaired) electrons. The molecule has 0 aromatic heterocycles. The van der Waals surface area contributed by atoms with Crippen LogP contribution in [0.25, 0.3) is 0 Å². The second-order valence-electron chi connectivity index (χ2n) is 4.59. The van der Waals surface area contributed by atoms with Crippen molar-refractivity contribution in [3.8, 4) is 0 Å². The lowest BCUT2D eigenvalue weighted by Crippen LogP contribution is -2.34. The van der Waals surface area contributed by atoms with E-state index in [0.717, 1.165) is 31.0 Å². The van der Waals surface area contributed by atoms with E-state index < -0.39 is 20.8 Å². The lowest BCUT2D eigenvalue weighted by Gasteiger charge is -2.12. The molecule has 1 amide bonds. The zero-order valence-electron chi connectivity index (χ0n) is 9.54. The Hall–Kier alpha value is -1.14. The number of carbonyl (C=O) groups is 1. The van der Waals surface area contributed by atoms with Crippen molar-refractivity contribution in [1.82, 2.24) is 5.32 Å². The monoisotopic (exact) mass is 291 g/mol. The standard InChI is InChI=1S/C11H11ClFNO3S/c1-11(4-5-11)14-10(15)8-3-2-7(6-9(8)13)18(12,16)17/h2-3,6H,4-5H2,1H3,(H,14,15). The van der Waals surface area contributed by atoms with Crippen molar-refractivity contribution in [1.29, 1.82) is 0 Å². The zero-order valence-corrected chi connectivity index (χ0v) is 11.1. The van der Waals surface area contributed by atoms with Gasteiger partial charge >= 0.3 is 0 Å². The number of rotatable bonds is 3. The van der Waals surface area contributed by atoms with Gasteiger partial charge in [-0.25, -0.2) is 12.8 Å². The smallest absolute Gasteiger partial charge is 0.261 e. The summed E-state index contributed by atoms with van der Waals surface area (Å²) in [6.45, 7) is 1.86. The fourth-order valence-electron chi connectivity index (χ4n) is 1.49. The van der Waals surface area contributed by atoms with Gasteiger partial charge in [-0.05, 0) is 38.0 Å². The van der Waals surface area contributed by atoms with Gasteiger partial charge in [-0.1, -0.05) is 0 Å². The number of amides is 1. The minimum Gasteiger partial charge on any atom is -0.347 e. The highest BCUT2D eigenvalue weighted by atomic mass is 35.7. The third-order valence-electron chi connectivity index (χ3n) is 2.88. The summed E-state index contributed by atoms with van der Waals surface area (Å²) in [6.07, 6.45) is 1.71. The lowest BCUT2D eigenvalue weighted by molar-refractivity contribution is 0.0931. The Kier molecular flexibility index (Phi) is 3.11. The molecular formula is C11H11ClFNO3S. The molecule has 1 fully saturated rings. The van der Waals surface area contributed by atoms with Crippen molar-refractivity contribution in [2.75, 3.05) is 0 Å². The Morgan fingerprint density at radius 3 is 2.50 bits per heavy atom. The van der Waals surface area contributed by atoms with Crippen molar-refractivity contribution in [3.63, 3.8) is 0 Å². The van der Waals surface area contributed by atoms with Gasteiger partial charge in [0.1, 0.15) is 5.82 Å². The van der Waals surface area contributed by atoms with Crippen LogP contribution in [0.1, 0.15) is 30.1 Å². The van der Waals surface area contributed by atoms with Crippen molar-refractivity contribution in [2.24, 2.45) is 0 Å². The summed E-state index contributed by atoms with van der Waals surface area (Å²) in [5.41, 5.74) is -0.451. The molecule has 2 rings (SSSR count). The molecule has 98 valence electrons. The Balaban J connectivity index is 2.27. The first-order valence-corrected chi connectivity index (χ1v) is 7.59. The largest absolute Gasteiger partial charge is 0.347 e. The molecule has 0 spiro atoms. The minimum absolute atomic E-state index is 0.188.